The number of phenols is 1. The van der Waals surface area contributed by atoms with Gasteiger partial charge in [-0.1, -0.05) is 17.7 Å². The number of carbonyl (C=O) groups is 1. The Morgan fingerprint density at radius 2 is 1.83 bits per heavy atom. The number of carbonyl (C=O) groups excluding carboxylic acids is 1. The van der Waals surface area contributed by atoms with Crippen molar-refractivity contribution in [3.8, 4) is 5.75 Å². The quantitative estimate of drug-likeness (QED) is 0.854. The van der Waals surface area contributed by atoms with E-state index in [1.807, 2.05) is 19.1 Å². The number of hydrogen-bond acceptors (Lipinski definition) is 2. The van der Waals surface area contributed by atoms with Crippen molar-refractivity contribution in [1.29, 1.82) is 0 Å². The smallest absolute Gasteiger partial charge is 0.258 e. The Labute approximate surface area is 104 Å². The van der Waals surface area contributed by atoms with Gasteiger partial charge in [0.25, 0.3) is 5.91 Å². The maximum Gasteiger partial charge on any atom is 0.258 e. The molecule has 0 aliphatic carbocycles. The maximum atomic E-state index is 13.4. The Hall–Kier alpha value is -2.36. The minimum Gasteiger partial charge on any atom is -0.508 e. The van der Waals surface area contributed by atoms with Gasteiger partial charge in [-0.2, -0.15) is 0 Å². The second-order valence-corrected chi connectivity index (χ2v) is 3.98. The van der Waals surface area contributed by atoms with Gasteiger partial charge < -0.3 is 10.4 Å². The number of phenolic OH excluding ortho intramolecular Hbond substituents is 1. The van der Waals surface area contributed by atoms with Gasteiger partial charge in [0.1, 0.15) is 11.6 Å². The van der Waals surface area contributed by atoms with Gasteiger partial charge >= 0.3 is 0 Å². The Kier molecular flexibility index (Phi) is 3.28. The fraction of sp³-hybridized carbons (Fsp3) is 0.0714. The summed E-state index contributed by atoms with van der Waals surface area (Å²) >= 11 is 0. The predicted octanol–water partition coefficient (Wildman–Crippen LogP) is 3.09. The maximum absolute atomic E-state index is 13.4. The highest BCUT2D eigenvalue weighted by molar-refractivity contribution is 6.04. The van der Waals surface area contributed by atoms with Crippen LogP contribution in [0.15, 0.2) is 42.5 Å². The zero-order valence-electron chi connectivity index (χ0n) is 9.77. The minimum absolute atomic E-state index is 0.103. The van der Waals surface area contributed by atoms with Gasteiger partial charge in [-0.3, -0.25) is 4.79 Å². The molecule has 0 atom stereocenters. The van der Waals surface area contributed by atoms with E-state index in [1.165, 1.54) is 12.1 Å². The molecule has 0 fully saturated rings. The monoisotopic (exact) mass is 245 g/mol. The molecule has 2 aromatic rings. The van der Waals surface area contributed by atoms with Crippen molar-refractivity contribution >= 4 is 11.6 Å². The molecule has 0 aromatic heterocycles. The largest absolute Gasteiger partial charge is 0.508 e. The summed E-state index contributed by atoms with van der Waals surface area (Å²) in [6, 6.07) is 10.6. The van der Waals surface area contributed by atoms with Gasteiger partial charge in [0.05, 0.1) is 5.56 Å². The van der Waals surface area contributed by atoms with Gasteiger partial charge in [0.2, 0.25) is 0 Å². The summed E-state index contributed by atoms with van der Waals surface area (Å²) in [4.78, 5) is 11.8. The molecule has 18 heavy (non-hydrogen) atoms. The van der Waals surface area contributed by atoms with Crippen LogP contribution in [0.1, 0.15) is 15.9 Å². The van der Waals surface area contributed by atoms with Gasteiger partial charge in [-0.05, 0) is 31.2 Å². The molecule has 0 radical (unpaired) electrons. The first-order chi connectivity index (χ1) is 8.56. The van der Waals surface area contributed by atoms with E-state index in [0.29, 0.717) is 5.69 Å². The van der Waals surface area contributed by atoms with E-state index in [1.54, 1.807) is 12.1 Å². The molecular formula is C14H12FNO2. The summed E-state index contributed by atoms with van der Waals surface area (Å²) in [6.07, 6.45) is 0. The molecule has 0 aliphatic rings. The zero-order valence-corrected chi connectivity index (χ0v) is 9.77. The lowest BCUT2D eigenvalue weighted by Crippen LogP contribution is -2.13. The highest BCUT2D eigenvalue weighted by Gasteiger charge is 2.12. The number of aromatic hydroxyl groups is 1. The van der Waals surface area contributed by atoms with Crippen molar-refractivity contribution in [2.45, 2.75) is 6.92 Å². The van der Waals surface area contributed by atoms with Crippen molar-refractivity contribution in [3.63, 3.8) is 0 Å². The number of rotatable bonds is 2. The molecule has 0 spiro atoms. The summed E-state index contributed by atoms with van der Waals surface area (Å²) in [5.74, 6) is -1.50. The summed E-state index contributed by atoms with van der Waals surface area (Å²) < 4.78 is 13.4. The molecule has 2 rings (SSSR count). The zero-order chi connectivity index (χ0) is 13.1. The number of nitrogens with one attached hydrogen (secondary N) is 1. The Morgan fingerprint density at radius 1 is 1.17 bits per heavy atom. The Morgan fingerprint density at radius 3 is 2.44 bits per heavy atom. The fourth-order valence-electron chi connectivity index (χ4n) is 1.52. The number of amides is 1. The van der Waals surface area contributed by atoms with Gasteiger partial charge in [-0.15, -0.1) is 0 Å². The first-order valence-corrected chi connectivity index (χ1v) is 5.43. The SMILES string of the molecule is Cc1ccc(NC(=O)c2ccc(O)cc2F)cc1. The number of anilines is 1. The number of halogens is 1. The van der Waals surface area contributed by atoms with Gasteiger partial charge in [-0.25, -0.2) is 4.39 Å². The third-order valence-electron chi connectivity index (χ3n) is 2.51. The van der Waals surface area contributed by atoms with Crippen LogP contribution >= 0.6 is 0 Å². The molecule has 0 saturated carbocycles. The molecular weight excluding hydrogens is 233 g/mol. The van der Waals surface area contributed by atoms with E-state index in [0.717, 1.165) is 11.6 Å². The lowest BCUT2D eigenvalue weighted by molar-refractivity contribution is 0.102. The van der Waals surface area contributed by atoms with Crippen molar-refractivity contribution < 1.29 is 14.3 Å². The molecule has 92 valence electrons. The summed E-state index contributed by atoms with van der Waals surface area (Å²) in [7, 11) is 0. The second kappa shape index (κ2) is 4.87. The average molecular weight is 245 g/mol. The first kappa shape index (κ1) is 12.1. The van der Waals surface area contributed by atoms with Crippen LogP contribution in [0.25, 0.3) is 0 Å². The van der Waals surface area contributed by atoms with E-state index in [9.17, 15) is 9.18 Å². The molecule has 0 bridgehead atoms. The molecule has 2 aromatic carbocycles. The van der Waals surface area contributed by atoms with Crippen LogP contribution in [-0.2, 0) is 0 Å². The third kappa shape index (κ3) is 2.66. The van der Waals surface area contributed by atoms with E-state index in [4.69, 9.17) is 5.11 Å². The van der Waals surface area contributed by atoms with Crippen LogP contribution < -0.4 is 5.32 Å². The summed E-state index contributed by atoms with van der Waals surface area (Å²) in [5.41, 5.74) is 1.57. The molecule has 2 N–H and O–H groups in total. The highest BCUT2D eigenvalue weighted by Crippen LogP contribution is 2.17. The Bertz CT molecular complexity index is 579. The lowest BCUT2D eigenvalue weighted by atomic mass is 10.1. The van der Waals surface area contributed by atoms with Crippen LogP contribution in [0.2, 0.25) is 0 Å². The fourth-order valence-corrected chi connectivity index (χ4v) is 1.52. The van der Waals surface area contributed by atoms with E-state index in [-0.39, 0.29) is 11.3 Å². The normalized spacial score (nSPS) is 10.1. The number of aryl methyl sites for hydroxylation is 1. The highest BCUT2D eigenvalue weighted by atomic mass is 19.1. The van der Waals surface area contributed by atoms with Gasteiger partial charge in [0, 0.05) is 11.8 Å². The molecule has 3 nitrogen and oxygen atoms in total. The predicted molar refractivity (Wildman–Crippen MR) is 67.2 cm³/mol. The standard InChI is InChI=1S/C14H12FNO2/c1-9-2-4-10(5-3-9)16-14(18)12-7-6-11(17)8-13(12)15/h2-8,17H,1H3,(H,16,18). The van der Waals surface area contributed by atoms with Gasteiger partial charge in [0.15, 0.2) is 0 Å². The molecule has 1 amide bonds. The van der Waals surface area contributed by atoms with Crippen molar-refractivity contribution in [2.24, 2.45) is 0 Å². The summed E-state index contributed by atoms with van der Waals surface area (Å²) in [6.45, 7) is 1.94. The first-order valence-electron chi connectivity index (χ1n) is 5.43. The molecule has 4 heteroatoms. The molecule has 0 heterocycles. The van der Waals surface area contributed by atoms with Crippen molar-refractivity contribution in [3.05, 3.63) is 59.4 Å². The number of hydrogen-bond donors (Lipinski definition) is 2. The van der Waals surface area contributed by atoms with E-state index < -0.39 is 11.7 Å². The van der Waals surface area contributed by atoms with Crippen molar-refractivity contribution in [2.75, 3.05) is 5.32 Å². The molecule has 0 aliphatic heterocycles. The molecule has 0 unspecified atom stereocenters. The minimum atomic E-state index is -0.750. The second-order valence-electron chi connectivity index (χ2n) is 3.98. The van der Waals surface area contributed by atoms with Crippen LogP contribution in [0.5, 0.6) is 5.75 Å². The number of benzene rings is 2. The topological polar surface area (TPSA) is 49.3 Å². The average Bonchev–Trinajstić information content (AvgIpc) is 2.32. The van der Waals surface area contributed by atoms with Crippen LogP contribution in [0.3, 0.4) is 0 Å². The third-order valence-corrected chi connectivity index (χ3v) is 2.51. The molecule has 0 saturated heterocycles. The van der Waals surface area contributed by atoms with Crippen molar-refractivity contribution in [1.82, 2.24) is 0 Å². The lowest BCUT2D eigenvalue weighted by Gasteiger charge is -2.06. The van der Waals surface area contributed by atoms with Crippen LogP contribution in [0, 0.1) is 12.7 Å². The van der Waals surface area contributed by atoms with Crippen LogP contribution in [-0.4, -0.2) is 11.0 Å². The Balaban J connectivity index is 2.19. The van der Waals surface area contributed by atoms with E-state index >= 15 is 0 Å². The summed E-state index contributed by atoms with van der Waals surface area (Å²) in [5, 5.41) is 11.7. The van der Waals surface area contributed by atoms with E-state index in [2.05, 4.69) is 5.32 Å². The van der Waals surface area contributed by atoms with Crippen LogP contribution in [0.4, 0.5) is 10.1 Å².